The lowest BCUT2D eigenvalue weighted by Crippen LogP contribution is -2.45. The molecule has 1 aliphatic heterocycles. The number of aliphatic hydroxyl groups is 1. The van der Waals surface area contributed by atoms with E-state index in [1.807, 2.05) is 43.5 Å². The van der Waals surface area contributed by atoms with Crippen LogP contribution in [0.1, 0.15) is 52.8 Å². The van der Waals surface area contributed by atoms with Gasteiger partial charge < -0.3 is 39.3 Å². The molecule has 45 heavy (non-hydrogen) atoms. The van der Waals surface area contributed by atoms with E-state index < -0.39 is 30.2 Å². The Morgan fingerprint density at radius 3 is 2.40 bits per heavy atom. The first-order valence-corrected chi connectivity index (χ1v) is 14.2. The molecular formula is C32H37N5O8. The third kappa shape index (κ3) is 7.44. The zero-order valence-electron chi connectivity index (χ0n) is 26.0. The number of aromatic nitrogens is 1. The molecule has 2 heterocycles. The molecule has 4 N–H and O–H groups in total. The predicted octanol–water partition coefficient (Wildman–Crippen LogP) is 3.40. The lowest BCUT2D eigenvalue weighted by molar-refractivity contribution is -0.136. The van der Waals surface area contributed by atoms with Crippen molar-refractivity contribution in [2.24, 2.45) is 5.10 Å². The Labute approximate surface area is 260 Å². The van der Waals surface area contributed by atoms with Gasteiger partial charge in [-0.15, -0.1) is 0 Å². The maximum absolute atomic E-state index is 12.5. The van der Waals surface area contributed by atoms with E-state index in [9.17, 15) is 19.5 Å². The summed E-state index contributed by atoms with van der Waals surface area (Å²) in [7, 11) is 2.62. The quantitative estimate of drug-likeness (QED) is 0.103. The maximum Gasteiger partial charge on any atom is 0.337 e. The van der Waals surface area contributed by atoms with Crippen LogP contribution >= 0.6 is 0 Å². The van der Waals surface area contributed by atoms with E-state index in [1.165, 1.54) is 14.2 Å². The number of nitrogens with zero attached hydrogens (tertiary/aromatic N) is 2. The highest BCUT2D eigenvalue weighted by Crippen LogP contribution is 2.35. The summed E-state index contributed by atoms with van der Waals surface area (Å²) in [5.41, 5.74) is 7.95. The summed E-state index contributed by atoms with van der Waals surface area (Å²) in [6, 6.07) is 12.8. The summed E-state index contributed by atoms with van der Waals surface area (Å²) < 4.78 is 23.3. The van der Waals surface area contributed by atoms with Gasteiger partial charge in [-0.25, -0.2) is 14.4 Å². The Morgan fingerprint density at radius 2 is 1.73 bits per heavy atom. The van der Waals surface area contributed by atoms with Crippen LogP contribution in [0, 0.1) is 13.8 Å². The number of allylic oxidation sites excluding steroid dienone is 1. The molecule has 0 fully saturated rings. The molecule has 0 spiro atoms. The fourth-order valence-corrected chi connectivity index (χ4v) is 5.00. The van der Waals surface area contributed by atoms with Gasteiger partial charge >= 0.3 is 18.0 Å². The smallest absolute Gasteiger partial charge is 0.337 e. The average molecular weight is 620 g/mol. The molecule has 13 nitrogen and oxygen atoms in total. The van der Waals surface area contributed by atoms with E-state index in [1.54, 1.807) is 43.5 Å². The van der Waals surface area contributed by atoms with Gasteiger partial charge in [0.2, 0.25) is 0 Å². The number of methoxy groups -OCH3 is 2. The second-order valence-electron chi connectivity index (χ2n) is 10.1. The number of amides is 2. The first kappa shape index (κ1) is 32.6. The van der Waals surface area contributed by atoms with E-state index in [4.69, 9.17) is 18.9 Å². The van der Waals surface area contributed by atoms with Crippen LogP contribution in [-0.2, 0) is 14.3 Å². The molecule has 2 atom stereocenters. The van der Waals surface area contributed by atoms with Crippen molar-refractivity contribution in [3.8, 4) is 17.2 Å². The van der Waals surface area contributed by atoms with Crippen LogP contribution in [0.2, 0.25) is 0 Å². The third-order valence-electron chi connectivity index (χ3n) is 7.12. The number of hydrogen-bond acceptors (Lipinski definition) is 10. The minimum Gasteiger partial charge on any atom is -0.490 e. The molecule has 13 heteroatoms. The molecule has 0 aliphatic carbocycles. The summed E-state index contributed by atoms with van der Waals surface area (Å²) in [5.74, 6) is -0.251. The number of carbonyl (C=O) groups excluding carboxylic acids is 3. The molecule has 238 valence electrons. The highest BCUT2D eigenvalue weighted by Gasteiger charge is 2.32. The lowest BCUT2D eigenvalue weighted by Gasteiger charge is -2.28. The topological polar surface area (TPSA) is 162 Å². The van der Waals surface area contributed by atoms with Gasteiger partial charge in [0.1, 0.15) is 6.61 Å². The minimum absolute atomic E-state index is 0.154. The van der Waals surface area contributed by atoms with E-state index in [0.717, 1.165) is 22.6 Å². The largest absolute Gasteiger partial charge is 0.490 e. The molecular weight excluding hydrogens is 582 g/mol. The number of rotatable bonds is 12. The molecule has 0 bridgehead atoms. The zero-order chi connectivity index (χ0) is 32.7. The normalized spacial score (nSPS) is 15.3. The molecule has 1 aliphatic rings. The van der Waals surface area contributed by atoms with Crippen molar-refractivity contribution in [1.82, 2.24) is 20.6 Å². The number of nitrogens with one attached hydrogen (secondary N) is 3. The zero-order valence-corrected chi connectivity index (χ0v) is 26.0. The number of hydrazone groups is 1. The first-order chi connectivity index (χ1) is 21.6. The second-order valence-corrected chi connectivity index (χ2v) is 10.1. The number of aliphatic hydroxyl groups excluding tert-OH is 1. The number of benzene rings is 2. The molecule has 3 aromatic rings. The van der Waals surface area contributed by atoms with E-state index >= 15 is 0 Å². The summed E-state index contributed by atoms with van der Waals surface area (Å²) >= 11 is 0. The van der Waals surface area contributed by atoms with Crippen LogP contribution in [0.25, 0.3) is 5.69 Å². The Morgan fingerprint density at radius 1 is 1.02 bits per heavy atom. The van der Waals surface area contributed by atoms with Crippen molar-refractivity contribution in [2.45, 2.75) is 40.0 Å². The van der Waals surface area contributed by atoms with Crippen LogP contribution in [0.15, 0.2) is 64.9 Å². The summed E-state index contributed by atoms with van der Waals surface area (Å²) in [4.78, 5) is 36.4. The van der Waals surface area contributed by atoms with E-state index in [-0.39, 0.29) is 12.2 Å². The standard InChI is InChI=1S/C32H37N5O8/c1-7-44-26-15-22(29-28(31(40)43-6)19(3)34-32(41)35-29)10-13-25(26)45-17-27(38)36-33-16-23-14-18(2)37(20(23)4)24-11-8-21(9-12-24)30(39)42-5/h8-16,27,29,36,38H,7,17H2,1-6H3,(H2,34,35,41)/b33-16-/t27-,29-/m0/s1. The van der Waals surface area contributed by atoms with Crippen LogP contribution in [0.5, 0.6) is 11.5 Å². The van der Waals surface area contributed by atoms with Gasteiger partial charge in [0, 0.05) is 28.3 Å². The molecule has 2 amide bonds. The van der Waals surface area contributed by atoms with Gasteiger partial charge in [0.05, 0.1) is 44.2 Å². The van der Waals surface area contributed by atoms with Gasteiger partial charge in [0.25, 0.3) is 0 Å². The first-order valence-electron chi connectivity index (χ1n) is 14.2. The Balaban J connectivity index is 1.42. The number of ether oxygens (including phenoxy) is 4. The number of esters is 2. The highest BCUT2D eigenvalue weighted by atomic mass is 16.5. The van der Waals surface area contributed by atoms with Crippen molar-refractivity contribution in [1.29, 1.82) is 0 Å². The van der Waals surface area contributed by atoms with Crippen LogP contribution < -0.4 is 25.5 Å². The van der Waals surface area contributed by atoms with Gasteiger partial charge in [-0.3, -0.25) is 5.43 Å². The molecule has 0 radical (unpaired) electrons. The number of aryl methyl sites for hydroxylation is 1. The molecule has 0 unspecified atom stereocenters. The van der Waals surface area contributed by atoms with Gasteiger partial charge in [-0.1, -0.05) is 6.07 Å². The van der Waals surface area contributed by atoms with Crippen molar-refractivity contribution in [3.05, 3.63) is 87.9 Å². The molecule has 1 aromatic heterocycles. The van der Waals surface area contributed by atoms with Crippen LogP contribution in [0.4, 0.5) is 4.79 Å². The predicted molar refractivity (Wildman–Crippen MR) is 166 cm³/mol. The number of carbonyl (C=O) groups is 3. The maximum atomic E-state index is 12.5. The average Bonchev–Trinajstić information content (AvgIpc) is 3.31. The SMILES string of the molecule is CCOc1cc([C@@H]2NC(=O)NC(C)=C2C(=O)OC)ccc1OC[C@H](O)N/N=C\c1cc(C)n(-c2ccc(C(=O)OC)cc2)c1C. The lowest BCUT2D eigenvalue weighted by atomic mass is 9.95. The minimum atomic E-state index is -1.15. The van der Waals surface area contributed by atoms with E-state index in [2.05, 4.69) is 21.2 Å². The fraction of sp³-hybridized carbons (Fsp3) is 0.312. The Hall–Kier alpha value is -5.30. The van der Waals surface area contributed by atoms with Crippen LogP contribution in [-0.4, -0.2) is 67.5 Å². The Bertz CT molecular complexity index is 1630. The molecule has 0 saturated carbocycles. The van der Waals surface area contributed by atoms with Crippen LogP contribution in [0.3, 0.4) is 0 Å². The molecule has 0 saturated heterocycles. The molecule has 4 rings (SSSR count). The number of urea groups is 1. The van der Waals surface area contributed by atoms with Gasteiger partial charge in [-0.05, 0) is 75.7 Å². The van der Waals surface area contributed by atoms with Gasteiger partial charge in [0.15, 0.2) is 17.7 Å². The summed E-state index contributed by atoms with van der Waals surface area (Å²) in [6.45, 7) is 7.52. The van der Waals surface area contributed by atoms with Crippen molar-refractivity contribution in [3.63, 3.8) is 0 Å². The van der Waals surface area contributed by atoms with Gasteiger partial charge in [-0.2, -0.15) is 5.10 Å². The van der Waals surface area contributed by atoms with Crippen molar-refractivity contribution in [2.75, 3.05) is 27.4 Å². The fourth-order valence-electron chi connectivity index (χ4n) is 5.00. The monoisotopic (exact) mass is 619 g/mol. The Kier molecular flexibility index (Phi) is 10.5. The summed E-state index contributed by atoms with van der Waals surface area (Å²) in [5, 5.41) is 20.0. The second kappa shape index (κ2) is 14.4. The highest BCUT2D eigenvalue weighted by molar-refractivity contribution is 5.95. The summed E-state index contributed by atoms with van der Waals surface area (Å²) in [6.07, 6.45) is 0.456. The van der Waals surface area contributed by atoms with Crippen molar-refractivity contribution < 1.29 is 38.4 Å². The number of hydrogen-bond donors (Lipinski definition) is 4. The van der Waals surface area contributed by atoms with Crippen molar-refractivity contribution >= 4 is 24.2 Å². The van der Waals surface area contributed by atoms with E-state index in [0.29, 0.717) is 34.9 Å². The molecule has 2 aromatic carbocycles. The third-order valence-corrected chi connectivity index (χ3v) is 7.12.